The van der Waals surface area contributed by atoms with E-state index in [9.17, 15) is 0 Å². The standard InChI is InChI=1S/C16H26N4/c1-4-19(2)12-14-7-5-6-13(10-14)11-18-16(17)20(3)15-8-9-15/h5-7,10,15H,4,8-9,11-12H2,1-3H3,(H2,17,18). The number of hydrogen-bond donors (Lipinski definition) is 1. The molecule has 110 valence electrons. The first-order valence-corrected chi connectivity index (χ1v) is 7.39. The third-order valence-electron chi connectivity index (χ3n) is 3.86. The minimum absolute atomic E-state index is 0.614. The van der Waals surface area contributed by atoms with Crippen molar-refractivity contribution in [2.75, 3.05) is 20.6 Å². The SMILES string of the molecule is CCN(C)Cc1cccc(CN=C(N)N(C)C2CC2)c1. The second kappa shape index (κ2) is 6.75. The topological polar surface area (TPSA) is 44.9 Å². The van der Waals surface area contributed by atoms with Crippen molar-refractivity contribution in [3.63, 3.8) is 0 Å². The molecule has 0 atom stereocenters. The molecule has 0 aromatic heterocycles. The van der Waals surface area contributed by atoms with E-state index in [0.717, 1.165) is 13.1 Å². The van der Waals surface area contributed by atoms with Gasteiger partial charge in [-0.15, -0.1) is 0 Å². The van der Waals surface area contributed by atoms with E-state index in [1.165, 1.54) is 24.0 Å². The summed E-state index contributed by atoms with van der Waals surface area (Å²) in [5.41, 5.74) is 8.57. The second-order valence-electron chi connectivity index (χ2n) is 5.67. The summed E-state index contributed by atoms with van der Waals surface area (Å²) in [6.45, 7) is 4.86. The van der Waals surface area contributed by atoms with Crippen LogP contribution in [0.2, 0.25) is 0 Å². The van der Waals surface area contributed by atoms with Gasteiger partial charge in [0, 0.05) is 19.6 Å². The Hall–Kier alpha value is -1.55. The fourth-order valence-electron chi connectivity index (χ4n) is 2.18. The van der Waals surface area contributed by atoms with E-state index in [2.05, 4.69) is 53.0 Å². The summed E-state index contributed by atoms with van der Waals surface area (Å²) < 4.78 is 0. The molecule has 0 unspecified atom stereocenters. The molecule has 0 radical (unpaired) electrons. The van der Waals surface area contributed by atoms with Gasteiger partial charge in [0.1, 0.15) is 0 Å². The van der Waals surface area contributed by atoms with Crippen LogP contribution in [0.1, 0.15) is 30.9 Å². The minimum Gasteiger partial charge on any atom is -0.370 e. The van der Waals surface area contributed by atoms with Gasteiger partial charge >= 0.3 is 0 Å². The van der Waals surface area contributed by atoms with Crippen LogP contribution in [-0.4, -0.2) is 42.4 Å². The lowest BCUT2D eigenvalue weighted by molar-refractivity contribution is 0.345. The molecule has 4 heteroatoms. The maximum atomic E-state index is 6.01. The van der Waals surface area contributed by atoms with Crippen LogP contribution in [0, 0.1) is 0 Å². The number of hydrogen-bond acceptors (Lipinski definition) is 2. The second-order valence-corrected chi connectivity index (χ2v) is 5.67. The van der Waals surface area contributed by atoms with Crippen LogP contribution >= 0.6 is 0 Å². The Bertz CT molecular complexity index is 465. The predicted octanol–water partition coefficient (Wildman–Crippen LogP) is 2.05. The van der Waals surface area contributed by atoms with Gasteiger partial charge in [0.25, 0.3) is 0 Å². The Labute approximate surface area is 122 Å². The van der Waals surface area contributed by atoms with E-state index in [4.69, 9.17) is 5.73 Å². The zero-order chi connectivity index (χ0) is 14.5. The molecule has 0 saturated heterocycles. The Balaban J connectivity index is 1.95. The van der Waals surface area contributed by atoms with Gasteiger partial charge in [-0.05, 0) is 37.6 Å². The normalized spacial score (nSPS) is 15.7. The lowest BCUT2D eigenvalue weighted by Crippen LogP contribution is -2.35. The average Bonchev–Trinajstić information content (AvgIpc) is 3.28. The van der Waals surface area contributed by atoms with Crippen LogP contribution in [0.5, 0.6) is 0 Å². The molecule has 4 nitrogen and oxygen atoms in total. The van der Waals surface area contributed by atoms with Crippen molar-refractivity contribution in [3.05, 3.63) is 35.4 Å². The smallest absolute Gasteiger partial charge is 0.191 e. The molecule has 2 N–H and O–H groups in total. The lowest BCUT2D eigenvalue weighted by atomic mass is 10.1. The molecular weight excluding hydrogens is 248 g/mol. The average molecular weight is 274 g/mol. The summed E-state index contributed by atoms with van der Waals surface area (Å²) in [4.78, 5) is 8.88. The largest absolute Gasteiger partial charge is 0.370 e. The molecule has 1 aliphatic carbocycles. The molecule has 1 aromatic carbocycles. The van der Waals surface area contributed by atoms with Crippen molar-refractivity contribution < 1.29 is 0 Å². The number of aliphatic imine (C=N–C) groups is 1. The summed E-state index contributed by atoms with van der Waals surface area (Å²) in [7, 11) is 4.16. The number of nitrogens with zero attached hydrogens (tertiary/aromatic N) is 3. The zero-order valence-corrected chi connectivity index (χ0v) is 12.8. The highest BCUT2D eigenvalue weighted by atomic mass is 15.3. The van der Waals surface area contributed by atoms with Gasteiger partial charge in [0.05, 0.1) is 6.54 Å². The molecule has 0 aliphatic heterocycles. The third-order valence-corrected chi connectivity index (χ3v) is 3.86. The first kappa shape index (κ1) is 14.9. The van der Waals surface area contributed by atoms with Crippen molar-refractivity contribution in [1.82, 2.24) is 9.80 Å². The first-order valence-electron chi connectivity index (χ1n) is 7.39. The molecule has 2 rings (SSSR count). The molecule has 0 amide bonds. The molecular formula is C16H26N4. The van der Waals surface area contributed by atoms with Gasteiger partial charge in [0.15, 0.2) is 5.96 Å². The van der Waals surface area contributed by atoms with Crippen LogP contribution in [0.3, 0.4) is 0 Å². The molecule has 1 aliphatic rings. The Morgan fingerprint density at radius 2 is 2.00 bits per heavy atom. The van der Waals surface area contributed by atoms with Crippen molar-refractivity contribution >= 4 is 5.96 Å². The molecule has 0 spiro atoms. The molecule has 20 heavy (non-hydrogen) atoms. The highest BCUT2D eigenvalue weighted by molar-refractivity contribution is 5.78. The minimum atomic E-state index is 0.614. The molecule has 1 fully saturated rings. The maximum Gasteiger partial charge on any atom is 0.191 e. The van der Waals surface area contributed by atoms with Crippen molar-refractivity contribution in [2.45, 2.75) is 38.9 Å². The summed E-state index contributed by atoms with van der Waals surface area (Å²) in [5.74, 6) is 0.656. The molecule has 1 saturated carbocycles. The van der Waals surface area contributed by atoms with Crippen LogP contribution in [-0.2, 0) is 13.1 Å². The quantitative estimate of drug-likeness (QED) is 0.638. The van der Waals surface area contributed by atoms with Crippen LogP contribution in [0.15, 0.2) is 29.3 Å². The summed E-state index contributed by atoms with van der Waals surface area (Å²) in [5, 5.41) is 0. The fourth-order valence-corrected chi connectivity index (χ4v) is 2.18. The van der Waals surface area contributed by atoms with Crippen LogP contribution in [0.4, 0.5) is 0 Å². The van der Waals surface area contributed by atoms with Crippen molar-refractivity contribution in [3.8, 4) is 0 Å². The van der Waals surface area contributed by atoms with Gasteiger partial charge in [0.2, 0.25) is 0 Å². The maximum absolute atomic E-state index is 6.01. The Morgan fingerprint density at radius 3 is 2.65 bits per heavy atom. The van der Waals surface area contributed by atoms with Crippen LogP contribution < -0.4 is 5.73 Å². The number of nitrogens with two attached hydrogens (primary N) is 1. The summed E-state index contributed by atoms with van der Waals surface area (Å²) in [6, 6.07) is 9.22. The van der Waals surface area contributed by atoms with Gasteiger partial charge < -0.3 is 15.5 Å². The molecule has 0 heterocycles. The zero-order valence-electron chi connectivity index (χ0n) is 12.8. The van der Waals surface area contributed by atoms with Gasteiger partial charge in [-0.2, -0.15) is 0 Å². The monoisotopic (exact) mass is 274 g/mol. The van der Waals surface area contributed by atoms with Crippen LogP contribution in [0.25, 0.3) is 0 Å². The first-order chi connectivity index (χ1) is 9.60. The van der Waals surface area contributed by atoms with E-state index in [1.54, 1.807) is 0 Å². The van der Waals surface area contributed by atoms with E-state index >= 15 is 0 Å². The lowest BCUT2D eigenvalue weighted by Gasteiger charge is -2.17. The van der Waals surface area contributed by atoms with E-state index in [-0.39, 0.29) is 0 Å². The van der Waals surface area contributed by atoms with E-state index in [1.807, 2.05) is 7.05 Å². The van der Waals surface area contributed by atoms with Gasteiger partial charge in [-0.25, -0.2) is 4.99 Å². The highest BCUT2D eigenvalue weighted by Crippen LogP contribution is 2.24. The summed E-state index contributed by atoms with van der Waals surface area (Å²) in [6.07, 6.45) is 2.48. The Kier molecular flexibility index (Phi) is 5.01. The number of benzene rings is 1. The highest BCUT2D eigenvalue weighted by Gasteiger charge is 2.27. The van der Waals surface area contributed by atoms with E-state index < -0.39 is 0 Å². The third kappa shape index (κ3) is 4.23. The van der Waals surface area contributed by atoms with Gasteiger partial charge in [-0.3, -0.25) is 0 Å². The van der Waals surface area contributed by atoms with E-state index in [0.29, 0.717) is 18.5 Å². The number of guanidine groups is 1. The predicted molar refractivity (Wildman–Crippen MR) is 84.6 cm³/mol. The molecule has 0 bridgehead atoms. The van der Waals surface area contributed by atoms with Crippen molar-refractivity contribution in [1.29, 1.82) is 0 Å². The number of rotatable bonds is 6. The summed E-state index contributed by atoms with van der Waals surface area (Å²) >= 11 is 0. The Morgan fingerprint density at radius 1 is 1.30 bits per heavy atom. The fraction of sp³-hybridized carbons (Fsp3) is 0.562. The van der Waals surface area contributed by atoms with Gasteiger partial charge in [-0.1, -0.05) is 31.2 Å². The van der Waals surface area contributed by atoms with Crippen molar-refractivity contribution in [2.24, 2.45) is 10.7 Å². The molecule has 1 aromatic rings.